The van der Waals surface area contributed by atoms with Crippen molar-refractivity contribution in [2.24, 2.45) is 0 Å². The van der Waals surface area contributed by atoms with Crippen LogP contribution in [0.3, 0.4) is 0 Å². The van der Waals surface area contributed by atoms with Crippen LogP contribution in [0.25, 0.3) is 0 Å². The van der Waals surface area contributed by atoms with Crippen molar-refractivity contribution in [1.82, 2.24) is 0 Å². The van der Waals surface area contributed by atoms with E-state index in [2.05, 4.69) is 6.92 Å². The Labute approximate surface area is 150 Å². The van der Waals surface area contributed by atoms with Crippen LogP contribution in [-0.4, -0.2) is 30.7 Å². The smallest absolute Gasteiger partial charge is 0.316 e. The molecular formula is C20H30O5. The van der Waals surface area contributed by atoms with Gasteiger partial charge in [-0.1, -0.05) is 64.0 Å². The van der Waals surface area contributed by atoms with Crippen LogP contribution < -0.4 is 0 Å². The van der Waals surface area contributed by atoms with Gasteiger partial charge in [-0.15, -0.1) is 0 Å². The molecule has 1 aromatic carbocycles. The van der Waals surface area contributed by atoms with Crippen LogP contribution >= 0.6 is 0 Å². The summed E-state index contributed by atoms with van der Waals surface area (Å²) in [6.07, 6.45) is 9.63. The van der Waals surface area contributed by atoms with Gasteiger partial charge in [-0.3, -0.25) is 4.79 Å². The number of phenols is 1. The van der Waals surface area contributed by atoms with Gasteiger partial charge in [0.15, 0.2) is 5.78 Å². The van der Waals surface area contributed by atoms with Crippen molar-refractivity contribution >= 4 is 5.78 Å². The molecule has 5 nitrogen and oxygen atoms in total. The molecule has 0 unspecified atom stereocenters. The SMILES string of the molecule is CCCCCCCCCCOC1(c2ccccc2O)OCC(=O)CO1. The molecule has 1 aliphatic heterocycles. The third-order valence-electron chi connectivity index (χ3n) is 4.37. The minimum atomic E-state index is -1.49. The quantitative estimate of drug-likeness (QED) is 0.604. The molecule has 0 aromatic heterocycles. The van der Waals surface area contributed by atoms with Crippen LogP contribution in [0.2, 0.25) is 0 Å². The minimum Gasteiger partial charge on any atom is -0.507 e. The molecule has 0 saturated carbocycles. The Balaban J connectivity index is 1.80. The van der Waals surface area contributed by atoms with Gasteiger partial charge in [0, 0.05) is 0 Å². The summed E-state index contributed by atoms with van der Waals surface area (Å²) >= 11 is 0. The lowest BCUT2D eigenvalue weighted by molar-refractivity contribution is -0.399. The fraction of sp³-hybridized carbons (Fsp3) is 0.650. The van der Waals surface area contributed by atoms with Crippen molar-refractivity contribution in [1.29, 1.82) is 0 Å². The Bertz CT molecular complexity index is 519. The maximum absolute atomic E-state index is 11.4. The lowest BCUT2D eigenvalue weighted by atomic mass is 10.1. The minimum absolute atomic E-state index is 0.0350. The predicted octanol–water partition coefficient (Wildman–Crippen LogP) is 4.28. The molecule has 1 saturated heterocycles. The lowest BCUT2D eigenvalue weighted by Crippen LogP contribution is -2.44. The highest BCUT2D eigenvalue weighted by Crippen LogP contribution is 2.36. The van der Waals surface area contributed by atoms with Gasteiger partial charge < -0.3 is 19.3 Å². The second-order valence-corrected chi connectivity index (χ2v) is 6.51. The fourth-order valence-electron chi connectivity index (χ4n) is 2.93. The molecule has 0 bridgehead atoms. The molecule has 0 aliphatic carbocycles. The summed E-state index contributed by atoms with van der Waals surface area (Å²) in [5.74, 6) is -1.59. The second-order valence-electron chi connectivity index (χ2n) is 6.51. The van der Waals surface area contributed by atoms with Crippen LogP contribution in [0.4, 0.5) is 0 Å². The number of carbonyl (C=O) groups is 1. The highest BCUT2D eigenvalue weighted by atomic mass is 16.9. The molecule has 1 N–H and O–H groups in total. The number of para-hydroxylation sites is 1. The van der Waals surface area contributed by atoms with E-state index in [9.17, 15) is 9.90 Å². The number of Topliss-reactive ketones (excluding diaryl/α,β-unsaturated/α-hetero) is 1. The van der Waals surface area contributed by atoms with Crippen LogP contribution in [0.5, 0.6) is 5.75 Å². The standard InChI is InChI=1S/C20H30O5/c1-2-3-4-5-6-7-8-11-14-23-20(24-15-17(21)16-25-20)18-12-9-10-13-19(18)22/h9-10,12-13,22H,2-8,11,14-16H2,1H3. The van der Waals surface area contributed by atoms with Crippen LogP contribution in [-0.2, 0) is 25.0 Å². The first-order valence-corrected chi connectivity index (χ1v) is 9.40. The van der Waals surface area contributed by atoms with Crippen molar-refractivity contribution in [2.75, 3.05) is 19.8 Å². The van der Waals surface area contributed by atoms with E-state index in [4.69, 9.17) is 14.2 Å². The van der Waals surface area contributed by atoms with Crippen LogP contribution in [0.15, 0.2) is 24.3 Å². The van der Waals surface area contributed by atoms with Gasteiger partial charge in [0.25, 0.3) is 0 Å². The number of rotatable bonds is 11. The van der Waals surface area contributed by atoms with E-state index in [0.717, 1.165) is 12.8 Å². The number of hydrogen-bond donors (Lipinski definition) is 1. The Morgan fingerprint density at radius 2 is 1.60 bits per heavy atom. The first-order chi connectivity index (χ1) is 12.2. The average molecular weight is 350 g/mol. The van der Waals surface area contributed by atoms with E-state index < -0.39 is 5.97 Å². The summed E-state index contributed by atoms with van der Waals surface area (Å²) in [5, 5.41) is 10.1. The summed E-state index contributed by atoms with van der Waals surface area (Å²) < 4.78 is 17.0. The zero-order valence-corrected chi connectivity index (χ0v) is 15.2. The van der Waals surface area contributed by atoms with E-state index in [-0.39, 0.29) is 24.7 Å². The molecule has 0 atom stereocenters. The van der Waals surface area contributed by atoms with Gasteiger partial charge in [0.2, 0.25) is 0 Å². The Morgan fingerprint density at radius 3 is 2.24 bits per heavy atom. The number of benzene rings is 1. The third-order valence-corrected chi connectivity index (χ3v) is 4.37. The van der Waals surface area contributed by atoms with Crippen molar-refractivity contribution in [3.63, 3.8) is 0 Å². The first kappa shape index (κ1) is 19.9. The monoisotopic (exact) mass is 350 g/mol. The molecule has 1 aromatic rings. The average Bonchev–Trinajstić information content (AvgIpc) is 2.63. The summed E-state index contributed by atoms with van der Waals surface area (Å²) in [7, 11) is 0. The molecule has 25 heavy (non-hydrogen) atoms. The Kier molecular flexibility index (Phi) is 8.38. The molecule has 0 amide bonds. The highest BCUT2D eigenvalue weighted by molar-refractivity contribution is 5.81. The fourth-order valence-corrected chi connectivity index (χ4v) is 2.93. The van der Waals surface area contributed by atoms with Crippen LogP contribution in [0, 0.1) is 0 Å². The van der Waals surface area contributed by atoms with Gasteiger partial charge >= 0.3 is 5.97 Å². The first-order valence-electron chi connectivity index (χ1n) is 9.40. The number of carbonyl (C=O) groups excluding carboxylic acids is 1. The number of unbranched alkanes of at least 4 members (excludes halogenated alkanes) is 7. The number of aromatic hydroxyl groups is 1. The predicted molar refractivity (Wildman–Crippen MR) is 95.3 cm³/mol. The Morgan fingerprint density at radius 1 is 1.00 bits per heavy atom. The van der Waals surface area contributed by atoms with Crippen molar-refractivity contribution < 1.29 is 24.1 Å². The van der Waals surface area contributed by atoms with Crippen LogP contribution in [0.1, 0.15) is 63.9 Å². The lowest BCUT2D eigenvalue weighted by Gasteiger charge is -2.36. The summed E-state index contributed by atoms with van der Waals surface area (Å²) in [6.45, 7) is 2.52. The zero-order valence-electron chi connectivity index (χ0n) is 15.2. The van der Waals surface area contributed by atoms with Gasteiger partial charge in [-0.2, -0.15) is 0 Å². The zero-order chi connectivity index (χ0) is 18.0. The number of ketones is 1. The van der Waals surface area contributed by atoms with Gasteiger partial charge in [-0.05, 0) is 18.6 Å². The number of ether oxygens (including phenoxy) is 3. The maximum atomic E-state index is 11.4. The van der Waals surface area contributed by atoms with Gasteiger partial charge in [0.05, 0.1) is 12.2 Å². The van der Waals surface area contributed by atoms with Gasteiger partial charge in [-0.25, -0.2) is 0 Å². The molecule has 2 rings (SSSR count). The molecule has 0 radical (unpaired) electrons. The molecule has 1 heterocycles. The van der Waals surface area contributed by atoms with E-state index in [1.807, 2.05) is 0 Å². The normalized spacial score (nSPS) is 16.9. The Hall–Kier alpha value is -1.43. The highest BCUT2D eigenvalue weighted by Gasteiger charge is 2.42. The molecule has 1 aliphatic rings. The number of phenolic OH excluding ortho intramolecular Hbond substituents is 1. The maximum Gasteiger partial charge on any atom is 0.316 e. The third kappa shape index (κ3) is 6.10. The van der Waals surface area contributed by atoms with Gasteiger partial charge in [0.1, 0.15) is 19.0 Å². The molecule has 140 valence electrons. The van der Waals surface area contributed by atoms with Crippen molar-refractivity contribution in [3.8, 4) is 5.75 Å². The largest absolute Gasteiger partial charge is 0.507 e. The van der Waals surface area contributed by atoms with E-state index >= 15 is 0 Å². The van der Waals surface area contributed by atoms with E-state index in [1.54, 1.807) is 24.3 Å². The molecule has 1 fully saturated rings. The topological polar surface area (TPSA) is 65.0 Å². The second kappa shape index (κ2) is 10.5. The van der Waals surface area contributed by atoms with E-state index in [1.165, 1.54) is 38.5 Å². The summed E-state index contributed by atoms with van der Waals surface area (Å²) in [4.78, 5) is 11.4. The van der Waals surface area contributed by atoms with Crippen molar-refractivity contribution in [3.05, 3.63) is 29.8 Å². The number of hydrogen-bond acceptors (Lipinski definition) is 5. The molecule has 5 heteroatoms. The summed E-state index contributed by atoms with van der Waals surface area (Å²) in [6, 6.07) is 6.75. The van der Waals surface area contributed by atoms with Crippen molar-refractivity contribution in [2.45, 2.75) is 64.3 Å². The van der Waals surface area contributed by atoms with E-state index in [0.29, 0.717) is 12.2 Å². The summed E-state index contributed by atoms with van der Waals surface area (Å²) in [5.41, 5.74) is 0.405. The molecule has 0 spiro atoms. The molecular weight excluding hydrogens is 320 g/mol.